The van der Waals surface area contributed by atoms with Crippen LogP contribution in [0.15, 0.2) is 53.4 Å². The van der Waals surface area contributed by atoms with Gasteiger partial charge in [-0.15, -0.1) is 11.8 Å². The summed E-state index contributed by atoms with van der Waals surface area (Å²) in [4.78, 5) is 26.5. The van der Waals surface area contributed by atoms with Gasteiger partial charge in [0.25, 0.3) is 5.91 Å². The number of thioether (sulfide) groups is 1. The van der Waals surface area contributed by atoms with Crippen LogP contribution in [0.1, 0.15) is 54.4 Å². The third kappa shape index (κ3) is 5.27. The zero-order chi connectivity index (χ0) is 23.5. The Balaban J connectivity index is 1.12. The highest BCUT2D eigenvalue weighted by Crippen LogP contribution is 2.55. The van der Waals surface area contributed by atoms with Crippen LogP contribution in [0.5, 0.6) is 5.75 Å². The van der Waals surface area contributed by atoms with E-state index in [0.29, 0.717) is 24.5 Å². The topological polar surface area (TPSA) is 67.4 Å². The lowest BCUT2D eigenvalue weighted by Gasteiger charge is -2.56. The molecule has 5 nitrogen and oxygen atoms in total. The van der Waals surface area contributed by atoms with Crippen molar-refractivity contribution in [3.05, 3.63) is 59.7 Å². The molecule has 0 heterocycles. The van der Waals surface area contributed by atoms with Crippen molar-refractivity contribution < 1.29 is 14.3 Å². The Kier molecular flexibility index (Phi) is 6.87. The maximum atomic E-state index is 12.9. The lowest BCUT2D eigenvalue weighted by Crippen LogP contribution is -2.60. The molecule has 6 heteroatoms. The first kappa shape index (κ1) is 23.3. The molecule has 0 unspecified atom stereocenters. The maximum absolute atomic E-state index is 12.9. The van der Waals surface area contributed by atoms with Gasteiger partial charge in [-0.25, -0.2) is 0 Å². The average Bonchev–Trinajstić information content (AvgIpc) is 2.80. The predicted octanol–water partition coefficient (Wildman–Crippen LogP) is 4.98. The first-order valence-electron chi connectivity index (χ1n) is 12.5. The highest BCUT2D eigenvalue weighted by Gasteiger charge is 2.51. The van der Waals surface area contributed by atoms with Gasteiger partial charge < -0.3 is 15.4 Å². The van der Waals surface area contributed by atoms with Gasteiger partial charge in [0.2, 0.25) is 5.91 Å². The molecule has 0 atom stereocenters. The number of amides is 2. The number of carbonyl (C=O) groups excluding carboxylic acids is 2. The quantitative estimate of drug-likeness (QED) is 0.394. The summed E-state index contributed by atoms with van der Waals surface area (Å²) in [6.45, 7) is 2.82. The third-order valence-corrected chi connectivity index (χ3v) is 8.75. The molecule has 0 aliphatic heterocycles. The fourth-order valence-corrected chi connectivity index (χ4v) is 7.51. The molecule has 4 aliphatic carbocycles. The zero-order valence-corrected chi connectivity index (χ0v) is 20.7. The van der Waals surface area contributed by atoms with Crippen LogP contribution < -0.4 is 15.4 Å². The van der Waals surface area contributed by atoms with Crippen molar-refractivity contribution in [2.75, 3.05) is 18.9 Å². The van der Waals surface area contributed by atoms with Gasteiger partial charge in [-0.3, -0.25) is 9.59 Å². The Morgan fingerprint density at radius 2 is 1.62 bits per heavy atom. The summed E-state index contributed by atoms with van der Waals surface area (Å²) in [6, 6.07) is 15.3. The van der Waals surface area contributed by atoms with Gasteiger partial charge >= 0.3 is 0 Å². The van der Waals surface area contributed by atoms with Crippen molar-refractivity contribution in [1.29, 1.82) is 0 Å². The molecule has 4 fully saturated rings. The van der Waals surface area contributed by atoms with Gasteiger partial charge in [-0.2, -0.15) is 0 Å². The minimum absolute atomic E-state index is 0.0282. The number of nitrogens with one attached hydrogen (secondary N) is 2. The molecule has 180 valence electrons. The number of rotatable bonds is 9. The van der Waals surface area contributed by atoms with E-state index in [4.69, 9.17) is 4.74 Å². The van der Waals surface area contributed by atoms with Gasteiger partial charge in [0.15, 0.2) is 0 Å². The van der Waals surface area contributed by atoms with E-state index in [0.717, 1.165) is 53.2 Å². The van der Waals surface area contributed by atoms with E-state index in [2.05, 4.69) is 10.6 Å². The van der Waals surface area contributed by atoms with E-state index in [1.807, 2.05) is 55.5 Å². The molecule has 4 aliphatic rings. The smallest absolute Gasteiger partial charge is 0.252 e. The molecule has 2 aromatic carbocycles. The summed E-state index contributed by atoms with van der Waals surface area (Å²) in [5, 5.41) is 6.37. The normalized spacial score (nSPS) is 26.8. The molecular weight excluding hydrogens is 444 g/mol. The van der Waals surface area contributed by atoms with Gasteiger partial charge in [0.1, 0.15) is 12.4 Å². The van der Waals surface area contributed by atoms with Crippen molar-refractivity contribution >= 4 is 23.6 Å². The third-order valence-electron chi connectivity index (χ3n) is 7.67. The number of para-hydroxylation sites is 1. The largest absolute Gasteiger partial charge is 0.491 e. The van der Waals surface area contributed by atoms with Crippen LogP contribution in [0, 0.1) is 24.7 Å². The maximum Gasteiger partial charge on any atom is 0.252 e. The predicted molar refractivity (Wildman–Crippen MR) is 135 cm³/mol. The number of aryl methyl sites for hydroxylation is 1. The molecule has 2 aromatic rings. The lowest BCUT2D eigenvalue weighted by atomic mass is 9.53. The summed E-state index contributed by atoms with van der Waals surface area (Å²) >= 11 is 1.45. The van der Waals surface area contributed by atoms with E-state index in [1.165, 1.54) is 31.0 Å². The van der Waals surface area contributed by atoms with E-state index in [-0.39, 0.29) is 17.4 Å². The minimum atomic E-state index is -0.141. The monoisotopic (exact) mass is 478 g/mol. The molecule has 0 spiro atoms. The molecule has 4 bridgehead atoms. The Labute approximate surface area is 206 Å². The first-order chi connectivity index (χ1) is 16.5. The Hall–Kier alpha value is -2.47. The van der Waals surface area contributed by atoms with Crippen molar-refractivity contribution in [3.63, 3.8) is 0 Å². The van der Waals surface area contributed by atoms with Crippen molar-refractivity contribution in [1.82, 2.24) is 10.6 Å². The van der Waals surface area contributed by atoms with E-state index >= 15 is 0 Å². The lowest BCUT2D eigenvalue weighted by molar-refractivity contribution is -0.124. The average molecular weight is 479 g/mol. The van der Waals surface area contributed by atoms with E-state index in [9.17, 15) is 9.59 Å². The molecule has 0 saturated heterocycles. The fraction of sp³-hybridized carbons (Fsp3) is 0.500. The summed E-state index contributed by atoms with van der Waals surface area (Å²) in [7, 11) is 0. The van der Waals surface area contributed by atoms with Crippen LogP contribution in [-0.4, -0.2) is 36.3 Å². The molecule has 2 N–H and O–H groups in total. The number of benzene rings is 2. The number of carbonyl (C=O) groups is 2. The number of ether oxygens (including phenoxy) is 1. The van der Waals surface area contributed by atoms with Crippen LogP contribution in [0.4, 0.5) is 0 Å². The number of hydrogen-bond donors (Lipinski definition) is 2. The van der Waals surface area contributed by atoms with Crippen LogP contribution in [0.2, 0.25) is 0 Å². The second-order valence-electron chi connectivity index (χ2n) is 10.4. The van der Waals surface area contributed by atoms with Crippen LogP contribution >= 0.6 is 11.8 Å². The highest BCUT2D eigenvalue weighted by molar-refractivity contribution is 8.00. The second-order valence-corrected chi connectivity index (χ2v) is 11.4. The van der Waals surface area contributed by atoms with Crippen molar-refractivity contribution in [2.45, 2.75) is 55.9 Å². The SMILES string of the molecule is Cc1ccccc1OCCNC(=O)c1ccccc1SCC(=O)NC12CC3CC(CC(C3)C1)C2. The van der Waals surface area contributed by atoms with Gasteiger partial charge in [-0.05, 0) is 87.0 Å². The molecule has 0 aromatic heterocycles. The Morgan fingerprint density at radius 1 is 0.971 bits per heavy atom. The number of hydrogen-bond acceptors (Lipinski definition) is 4. The molecular formula is C28H34N2O3S. The van der Waals surface area contributed by atoms with Crippen molar-refractivity contribution in [3.8, 4) is 5.75 Å². The van der Waals surface area contributed by atoms with Crippen LogP contribution in [-0.2, 0) is 4.79 Å². The summed E-state index contributed by atoms with van der Waals surface area (Å²) in [5.74, 6) is 3.53. The first-order valence-corrected chi connectivity index (χ1v) is 13.5. The summed E-state index contributed by atoms with van der Waals surface area (Å²) < 4.78 is 5.77. The van der Waals surface area contributed by atoms with Crippen molar-refractivity contribution in [2.24, 2.45) is 17.8 Å². The molecule has 4 saturated carbocycles. The minimum Gasteiger partial charge on any atom is -0.491 e. The second kappa shape index (κ2) is 10.0. The van der Waals surface area contributed by atoms with Crippen LogP contribution in [0.25, 0.3) is 0 Å². The van der Waals surface area contributed by atoms with Gasteiger partial charge in [0.05, 0.1) is 17.9 Å². The summed E-state index contributed by atoms with van der Waals surface area (Å²) in [6.07, 6.45) is 7.55. The Morgan fingerprint density at radius 3 is 2.32 bits per heavy atom. The van der Waals surface area contributed by atoms with Crippen LogP contribution in [0.3, 0.4) is 0 Å². The van der Waals surface area contributed by atoms with E-state index in [1.54, 1.807) is 0 Å². The molecule has 0 radical (unpaired) electrons. The zero-order valence-electron chi connectivity index (χ0n) is 19.8. The molecule has 2 amide bonds. The summed E-state index contributed by atoms with van der Waals surface area (Å²) in [5.41, 5.74) is 1.70. The van der Waals surface area contributed by atoms with E-state index < -0.39 is 0 Å². The van der Waals surface area contributed by atoms with Gasteiger partial charge in [0, 0.05) is 10.4 Å². The molecule has 6 rings (SSSR count). The van der Waals surface area contributed by atoms with Gasteiger partial charge in [-0.1, -0.05) is 30.3 Å². The highest BCUT2D eigenvalue weighted by atomic mass is 32.2. The molecule has 34 heavy (non-hydrogen) atoms. The fourth-order valence-electron chi connectivity index (χ4n) is 6.66. The standard InChI is InChI=1S/C28H34N2O3S/c1-19-6-2-4-8-24(19)33-11-10-29-27(32)23-7-3-5-9-25(23)34-18-26(31)30-28-15-20-12-21(16-28)14-22(13-20)17-28/h2-9,20-22H,10-18H2,1H3,(H,29,32)(H,30,31). The Bertz CT molecular complexity index is 1020.